The van der Waals surface area contributed by atoms with Crippen LogP contribution >= 0.6 is 12.2 Å². The van der Waals surface area contributed by atoms with Crippen LogP contribution in [0.25, 0.3) is 0 Å². The van der Waals surface area contributed by atoms with Gasteiger partial charge in [-0.15, -0.1) is 0 Å². The van der Waals surface area contributed by atoms with Gasteiger partial charge in [0.25, 0.3) is 11.8 Å². The second-order valence-electron chi connectivity index (χ2n) is 9.08. The number of anilines is 1. The molecule has 35 heavy (non-hydrogen) atoms. The molecule has 1 fully saturated rings. The van der Waals surface area contributed by atoms with Gasteiger partial charge in [-0.25, -0.2) is 0 Å². The van der Waals surface area contributed by atoms with Crippen molar-refractivity contribution in [3.05, 3.63) is 59.7 Å². The molecule has 0 heterocycles. The van der Waals surface area contributed by atoms with Crippen molar-refractivity contribution in [2.75, 3.05) is 11.9 Å². The Morgan fingerprint density at radius 1 is 0.914 bits per heavy atom. The van der Waals surface area contributed by atoms with Crippen molar-refractivity contribution in [1.29, 1.82) is 0 Å². The van der Waals surface area contributed by atoms with Crippen LogP contribution in [0.2, 0.25) is 0 Å². The maximum Gasteiger partial charge on any atom is 0.257 e. The Kier molecular flexibility index (Phi) is 11.0. The third kappa shape index (κ3) is 9.32. The molecular weight excluding hydrogens is 458 g/mol. The number of benzene rings is 2. The molecule has 3 N–H and O–H groups in total. The first-order valence-corrected chi connectivity index (χ1v) is 13.2. The molecule has 3 rings (SSSR count). The van der Waals surface area contributed by atoms with Crippen molar-refractivity contribution in [3.8, 4) is 5.75 Å². The van der Waals surface area contributed by atoms with Gasteiger partial charge in [-0.2, -0.15) is 0 Å². The van der Waals surface area contributed by atoms with E-state index in [-0.39, 0.29) is 23.0 Å². The number of amides is 2. The highest BCUT2D eigenvalue weighted by Gasteiger charge is 2.17. The minimum absolute atomic E-state index is 0.0845. The van der Waals surface area contributed by atoms with E-state index in [0.717, 1.165) is 37.9 Å². The molecule has 2 aromatic rings. The first kappa shape index (κ1) is 26.7. The first-order chi connectivity index (χ1) is 17.0. The zero-order valence-corrected chi connectivity index (χ0v) is 21.4. The monoisotopic (exact) mass is 495 g/mol. The van der Waals surface area contributed by atoms with Crippen molar-refractivity contribution in [2.24, 2.45) is 0 Å². The summed E-state index contributed by atoms with van der Waals surface area (Å²) in [6.45, 7) is 2.88. The minimum Gasteiger partial charge on any atom is -0.494 e. The summed E-state index contributed by atoms with van der Waals surface area (Å²) in [5.74, 6) is 0.361. The highest BCUT2D eigenvalue weighted by Crippen LogP contribution is 2.19. The molecule has 0 bridgehead atoms. The maximum absolute atomic E-state index is 12.6. The lowest BCUT2D eigenvalue weighted by atomic mass is 9.95. The van der Waals surface area contributed by atoms with Crippen molar-refractivity contribution in [1.82, 2.24) is 10.6 Å². The lowest BCUT2D eigenvalue weighted by Crippen LogP contribution is -2.36. The summed E-state index contributed by atoms with van der Waals surface area (Å²) >= 11 is 5.31. The van der Waals surface area contributed by atoms with E-state index in [1.165, 1.54) is 32.1 Å². The molecule has 188 valence electrons. The van der Waals surface area contributed by atoms with Crippen LogP contribution in [0.3, 0.4) is 0 Å². The Morgan fingerprint density at radius 3 is 2.40 bits per heavy atom. The van der Waals surface area contributed by atoms with Crippen LogP contribution in [0.5, 0.6) is 5.75 Å². The van der Waals surface area contributed by atoms with Crippen LogP contribution in [-0.4, -0.2) is 29.6 Å². The Labute approximate surface area is 214 Å². The second-order valence-corrected chi connectivity index (χ2v) is 9.49. The van der Waals surface area contributed by atoms with Gasteiger partial charge in [-0.3, -0.25) is 14.9 Å². The van der Waals surface area contributed by atoms with Gasteiger partial charge in [-0.05, 0) is 73.9 Å². The minimum atomic E-state index is -0.306. The van der Waals surface area contributed by atoms with E-state index < -0.39 is 0 Å². The molecule has 0 spiro atoms. The predicted molar refractivity (Wildman–Crippen MR) is 145 cm³/mol. The van der Waals surface area contributed by atoms with Crippen LogP contribution in [0.4, 0.5) is 5.69 Å². The second kappa shape index (κ2) is 14.5. The molecule has 2 aromatic carbocycles. The Balaban J connectivity index is 1.44. The van der Waals surface area contributed by atoms with Crippen LogP contribution in [-0.2, 0) is 0 Å². The first-order valence-electron chi connectivity index (χ1n) is 12.8. The molecule has 0 unspecified atom stereocenters. The van der Waals surface area contributed by atoms with E-state index in [1.54, 1.807) is 42.5 Å². The third-order valence-corrected chi connectivity index (χ3v) is 6.39. The summed E-state index contributed by atoms with van der Waals surface area (Å²) in [4.78, 5) is 25.2. The SMILES string of the molecule is CCCCCCCOc1ccc(C(=O)NC(=S)Nc2cccc(C(=O)NC3CCCCC3)c2)cc1. The number of carbonyl (C=O) groups is 2. The number of hydrogen-bond donors (Lipinski definition) is 3. The number of hydrogen-bond acceptors (Lipinski definition) is 4. The van der Waals surface area contributed by atoms with Crippen LogP contribution < -0.4 is 20.7 Å². The topological polar surface area (TPSA) is 79.5 Å². The zero-order valence-electron chi connectivity index (χ0n) is 20.6. The van der Waals surface area contributed by atoms with Gasteiger partial charge in [-0.1, -0.05) is 57.9 Å². The Hall–Kier alpha value is -2.93. The highest BCUT2D eigenvalue weighted by molar-refractivity contribution is 7.80. The molecule has 0 aliphatic heterocycles. The summed E-state index contributed by atoms with van der Waals surface area (Å²) in [7, 11) is 0. The number of unbranched alkanes of at least 4 members (excludes halogenated alkanes) is 4. The van der Waals surface area contributed by atoms with Crippen LogP contribution in [0.15, 0.2) is 48.5 Å². The number of thiocarbonyl (C=S) groups is 1. The Bertz CT molecular complexity index is 972. The fraction of sp³-hybridized carbons (Fsp3) is 0.464. The number of carbonyl (C=O) groups excluding carboxylic acids is 2. The fourth-order valence-corrected chi connectivity index (χ4v) is 4.40. The molecule has 0 radical (unpaired) electrons. The standard InChI is InChI=1S/C28H37N3O3S/c1-2-3-4-5-9-19-34-25-17-15-21(16-18-25)26(32)31-28(35)30-24-14-10-11-22(20-24)27(33)29-23-12-7-6-8-13-23/h10-11,14-18,20,23H,2-9,12-13,19H2,1H3,(H,29,33)(H2,30,31,32,35). The van der Waals surface area contributed by atoms with Crippen LogP contribution in [0, 0.1) is 0 Å². The molecule has 0 aromatic heterocycles. The quantitative estimate of drug-likeness (QED) is 0.255. The lowest BCUT2D eigenvalue weighted by molar-refractivity contribution is 0.0926. The number of ether oxygens (including phenoxy) is 1. The predicted octanol–water partition coefficient (Wildman–Crippen LogP) is 6.23. The molecule has 0 atom stereocenters. The number of rotatable bonds is 11. The molecule has 6 nitrogen and oxygen atoms in total. The van der Waals surface area contributed by atoms with E-state index in [9.17, 15) is 9.59 Å². The van der Waals surface area contributed by atoms with E-state index in [4.69, 9.17) is 17.0 Å². The van der Waals surface area contributed by atoms with Crippen molar-refractivity contribution in [3.63, 3.8) is 0 Å². The summed E-state index contributed by atoms with van der Waals surface area (Å²) in [6.07, 6.45) is 11.6. The van der Waals surface area contributed by atoms with Gasteiger partial charge in [0, 0.05) is 22.9 Å². The van der Waals surface area contributed by atoms with E-state index in [0.29, 0.717) is 23.4 Å². The van der Waals surface area contributed by atoms with Crippen molar-refractivity contribution in [2.45, 2.75) is 77.2 Å². The van der Waals surface area contributed by atoms with Crippen molar-refractivity contribution >= 4 is 34.8 Å². The fourth-order valence-electron chi connectivity index (χ4n) is 4.19. The smallest absolute Gasteiger partial charge is 0.257 e. The summed E-state index contributed by atoms with van der Waals surface area (Å²) in [5, 5.41) is 8.98. The average molecular weight is 496 g/mol. The maximum atomic E-state index is 12.6. The normalized spacial score (nSPS) is 13.6. The number of nitrogens with one attached hydrogen (secondary N) is 3. The molecule has 1 aliphatic rings. The van der Waals surface area contributed by atoms with Gasteiger partial charge < -0.3 is 15.4 Å². The van der Waals surface area contributed by atoms with E-state index >= 15 is 0 Å². The van der Waals surface area contributed by atoms with Gasteiger partial charge in [0.15, 0.2) is 5.11 Å². The lowest BCUT2D eigenvalue weighted by Gasteiger charge is -2.22. The molecular formula is C28H37N3O3S. The summed E-state index contributed by atoms with van der Waals surface area (Å²) in [6, 6.07) is 14.4. The molecule has 1 saturated carbocycles. The molecule has 2 amide bonds. The summed E-state index contributed by atoms with van der Waals surface area (Å²) < 4.78 is 5.76. The average Bonchev–Trinajstić information content (AvgIpc) is 2.87. The highest BCUT2D eigenvalue weighted by atomic mass is 32.1. The molecule has 1 aliphatic carbocycles. The largest absolute Gasteiger partial charge is 0.494 e. The van der Waals surface area contributed by atoms with Crippen molar-refractivity contribution < 1.29 is 14.3 Å². The van der Waals surface area contributed by atoms with E-state index in [2.05, 4.69) is 22.9 Å². The van der Waals surface area contributed by atoms with Gasteiger partial charge >= 0.3 is 0 Å². The third-order valence-electron chi connectivity index (χ3n) is 6.18. The molecule has 7 heteroatoms. The van der Waals surface area contributed by atoms with Crippen LogP contribution in [0.1, 0.15) is 91.8 Å². The Morgan fingerprint density at radius 2 is 1.66 bits per heavy atom. The van der Waals surface area contributed by atoms with Gasteiger partial charge in [0.05, 0.1) is 6.61 Å². The zero-order chi connectivity index (χ0) is 24.9. The molecule has 0 saturated heterocycles. The van der Waals surface area contributed by atoms with Gasteiger partial charge in [0.2, 0.25) is 0 Å². The van der Waals surface area contributed by atoms with E-state index in [1.807, 2.05) is 6.07 Å². The summed E-state index contributed by atoms with van der Waals surface area (Å²) in [5.41, 5.74) is 1.70. The van der Waals surface area contributed by atoms with Gasteiger partial charge in [0.1, 0.15) is 5.75 Å².